The molecule has 3 aromatic rings. The molecule has 4 rings (SSSR count). The quantitative estimate of drug-likeness (QED) is 0.648. The Kier molecular flexibility index (Phi) is 5.31. The number of hydrogen-bond donors (Lipinski definition) is 2. The number of esters is 1. The molecule has 1 atom stereocenters. The topological polar surface area (TPSA) is 87.3 Å². The fourth-order valence-corrected chi connectivity index (χ4v) is 3.74. The molecule has 0 spiro atoms. The van der Waals surface area contributed by atoms with E-state index in [9.17, 15) is 9.59 Å². The zero-order chi connectivity index (χ0) is 20.4. The first-order valence-electron chi connectivity index (χ1n) is 9.76. The molecule has 1 amide bonds. The van der Waals surface area contributed by atoms with Crippen molar-refractivity contribution >= 4 is 28.6 Å². The van der Waals surface area contributed by atoms with Gasteiger partial charge in [-0.1, -0.05) is 6.07 Å². The van der Waals surface area contributed by atoms with Crippen LogP contribution in [0.3, 0.4) is 0 Å². The number of H-pyrrole nitrogens is 1. The van der Waals surface area contributed by atoms with Crippen LogP contribution in [0, 0.1) is 0 Å². The Bertz CT molecular complexity index is 1060. The van der Waals surface area contributed by atoms with E-state index in [0.29, 0.717) is 22.9 Å². The van der Waals surface area contributed by atoms with Crippen molar-refractivity contribution in [3.05, 3.63) is 59.4 Å². The lowest BCUT2D eigenvalue weighted by Crippen LogP contribution is -2.26. The van der Waals surface area contributed by atoms with Gasteiger partial charge in [0.2, 0.25) is 0 Å². The minimum absolute atomic E-state index is 0.291. The molecular weight excluding hydrogens is 368 g/mol. The number of hydrogen-bond acceptors (Lipinski definition) is 5. The molecule has 29 heavy (non-hydrogen) atoms. The van der Waals surface area contributed by atoms with Gasteiger partial charge in [0, 0.05) is 17.3 Å². The molecule has 150 valence electrons. The van der Waals surface area contributed by atoms with E-state index in [4.69, 9.17) is 4.74 Å². The standard InChI is InChI=1S/C22H24N4O3/c1-14-5-4-10-26(14)13-20-24-18-9-8-17(12-19(18)25-20)23-21(27)15-6-3-7-16(11-15)22(28)29-2/h3,6-9,11-12,14H,4-5,10,13H2,1-2H3,(H,23,27)(H,24,25)/t14-/m0/s1. The molecule has 1 saturated heterocycles. The summed E-state index contributed by atoms with van der Waals surface area (Å²) in [5, 5.41) is 2.87. The molecule has 7 nitrogen and oxygen atoms in total. The van der Waals surface area contributed by atoms with E-state index >= 15 is 0 Å². The molecular formula is C22H24N4O3. The lowest BCUT2D eigenvalue weighted by molar-refractivity contribution is 0.0600. The first kappa shape index (κ1) is 19.1. The Morgan fingerprint density at radius 3 is 2.83 bits per heavy atom. The van der Waals surface area contributed by atoms with E-state index in [2.05, 4.69) is 27.1 Å². The summed E-state index contributed by atoms with van der Waals surface area (Å²) in [6.07, 6.45) is 2.46. The molecule has 0 bridgehead atoms. The van der Waals surface area contributed by atoms with Crippen LogP contribution in [0.4, 0.5) is 5.69 Å². The summed E-state index contributed by atoms with van der Waals surface area (Å²) in [6.45, 7) is 4.15. The van der Waals surface area contributed by atoms with Gasteiger partial charge in [-0.25, -0.2) is 9.78 Å². The minimum atomic E-state index is -0.474. The number of aromatic amines is 1. The van der Waals surface area contributed by atoms with Crippen molar-refractivity contribution < 1.29 is 14.3 Å². The van der Waals surface area contributed by atoms with Crippen LogP contribution in [-0.4, -0.2) is 46.4 Å². The highest BCUT2D eigenvalue weighted by Crippen LogP contribution is 2.22. The Morgan fingerprint density at radius 1 is 1.24 bits per heavy atom. The van der Waals surface area contributed by atoms with Crippen LogP contribution in [0.15, 0.2) is 42.5 Å². The number of likely N-dealkylation sites (tertiary alicyclic amines) is 1. The molecule has 1 aliphatic heterocycles. The number of carbonyl (C=O) groups excluding carboxylic acids is 2. The van der Waals surface area contributed by atoms with Gasteiger partial charge in [0.25, 0.3) is 5.91 Å². The number of imidazole rings is 1. The summed E-state index contributed by atoms with van der Waals surface area (Å²) in [7, 11) is 1.31. The molecule has 0 saturated carbocycles. The number of methoxy groups -OCH3 is 1. The number of anilines is 1. The Balaban J connectivity index is 1.49. The van der Waals surface area contributed by atoms with Gasteiger partial charge in [-0.2, -0.15) is 0 Å². The van der Waals surface area contributed by atoms with Crippen LogP contribution >= 0.6 is 0 Å². The van der Waals surface area contributed by atoms with Crippen molar-refractivity contribution in [2.24, 2.45) is 0 Å². The summed E-state index contributed by atoms with van der Waals surface area (Å²) < 4.78 is 4.71. The molecule has 0 aliphatic carbocycles. The second-order valence-corrected chi connectivity index (χ2v) is 7.40. The Hall–Kier alpha value is -3.19. The summed E-state index contributed by atoms with van der Waals surface area (Å²) in [5.41, 5.74) is 3.15. The smallest absolute Gasteiger partial charge is 0.337 e. The van der Waals surface area contributed by atoms with E-state index in [-0.39, 0.29) is 5.91 Å². The summed E-state index contributed by atoms with van der Waals surface area (Å²) in [6, 6.07) is 12.6. The van der Waals surface area contributed by atoms with Crippen LogP contribution in [0.25, 0.3) is 11.0 Å². The van der Waals surface area contributed by atoms with E-state index < -0.39 is 5.97 Å². The third-order valence-corrected chi connectivity index (χ3v) is 5.38. The average molecular weight is 392 g/mol. The Labute approximate surface area is 169 Å². The van der Waals surface area contributed by atoms with E-state index in [1.807, 2.05) is 18.2 Å². The van der Waals surface area contributed by atoms with Crippen LogP contribution < -0.4 is 5.32 Å². The van der Waals surface area contributed by atoms with Crippen molar-refractivity contribution in [1.29, 1.82) is 0 Å². The molecule has 2 aromatic carbocycles. The molecule has 2 heterocycles. The van der Waals surface area contributed by atoms with Gasteiger partial charge in [0.1, 0.15) is 5.82 Å². The van der Waals surface area contributed by atoms with Crippen molar-refractivity contribution in [3.8, 4) is 0 Å². The number of fused-ring (bicyclic) bond motifs is 1. The maximum Gasteiger partial charge on any atom is 0.337 e. The first-order chi connectivity index (χ1) is 14.0. The van der Waals surface area contributed by atoms with Crippen LogP contribution in [-0.2, 0) is 11.3 Å². The molecule has 1 aromatic heterocycles. The molecule has 2 N–H and O–H groups in total. The molecule has 1 fully saturated rings. The first-order valence-corrected chi connectivity index (χ1v) is 9.76. The number of nitrogens with zero attached hydrogens (tertiary/aromatic N) is 2. The third kappa shape index (κ3) is 4.14. The van der Waals surface area contributed by atoms with E-state index in [1.54, 1.807) is 18.2 Å². The number of carbonyl (C=O) groups is 2. The van der Waals surface area contributed by atoms with Gasteiger partial charge in [0.15, 0.2) is 0 Å². The lowest BCUT2D eigenvalue weighted by Gasteiger charge is -2.19. The van der Waals surface area contributed by atoms with Gasteiger partial charge in [0.05, 0.1) is 30.3 Å². The minimum Gasteiger partial charge on any atom is -0.465 e. The third-order valence-electron chi connectivity index (χ3n) is 5.38. The van der Waals surface area contributed by atoms with Crippen LogP contribution in [0.5, 0.6) is 0 Å². The predicted molar refractivity (Wildman–Crippen MR) is 111 cm³/mol. The second kappa shape index (κ2) is 8.05. The second-order valence-electron chi connectivity index (χ2n) is 7.40. The maximum atomic E-state index is 12.6. The van der Waals surface area contributed by atoms with Crippen molar-refractivity contribution in [1.82, 2.24) is 14.9 Å². The van der Waals surface area contributed by atoms with E-state index in [1.165, 1.54) is 26.0 Å². The highest BCUT2D eigenvalue weighted by molar-refractivity contribution is 6.06. The summed E-state index contributed by atoms with van der Waals surface area (Å²) >= 11 is 0. The van der Waals surface area contributed by atoms with Crippen molar-refractivity contribution in [3.63, 3.8) is 0 Å². The van der Waals surface area contributed by atoms with Crippen LogP contribution in [0.1, 0.15) is 46.3 Å². The van der Waals surface area contributed by atoms with Gasteiger partial charge in [-0.05, 0) is 62.7 Å². The Morgan fingerprint density at radius 2 is 2.07 bits per heavy atom. The lowest BCUT2D eigenvalue weighted by atomic mass is 10.1. The largest absolute Gasteiger partial charge is 0.465 e. The van der Waals surface area contributed by atoms with Crippen LogP contribution in [0.2, 0.25) is 0 Å². The number of rotatable bonds is 5. The highest BCUT2D eigenvalue weighted by Gasteiger charge is 2.21. The maximum absolute atomic E-state index is 12.6. The average Bonchev–Trinajstić information content (AvgIpc) is 3.32. The zero-order valence-electron chi connectivity index (χ0n) is 16.6. The number of nitrogens with one attached hydrogen (secondary N) is 2. The van der Waals surface area contributed by atoms with Gasteiger partial charge in [-0.3, -0.25) is 9.69 Å². The number of ether oxygens (including phenoxy) is 1. The zero-order valence-corrected chi connectivity index (χ0v) is 16.6. The monoisotopic (exact) mass is 392 g/mol. The van der Waals surface area contributed by atoms with E-state index in [0.717, 1.165) is 29.9 Å². The fraction of sp³-hybridized carbons (Fsp3) is 0.318. The number of benzene rings is 2. The normalized spacial score (nSPS) is 16.8. The molecule has 0 radical (unpaired) electrons. The highest BCUT2D eigenvalue weighted by atomic mass is 16.5. The van der Waals surface area contributed by atoms with Gasteiger partial charge < -0.3 is 15.0 Å². The van der Waals surface area contributed by atoms with Crippen molar-refractivity contribution in [2.45, 2.75) is 32.4 Å². The fourth-order valence-electron chi connectivity index (χ4n) is 3.74. The van der Waals surface area contributed by atoms with Crippen molar-refractivity contribution in [2.75, 3.05) is 19.0 Å². The van der Waals surface area contributed by atoms with Gasteiger partial charge in [-0.15, -0.1) is 0 Å². The number of aromatic nitrogens is 2. The molecule has 1 aliphatic rings. The predicted octanol–water partition coefficient (Wildman–Crippen LogP) is 3.59. The molecule has 0 unspecified atom stereocenters. The summed E-state index contributed by atoms with van der Waals surface area (Å²) in [4.78, 5) is 34.7. The summed E-state index contributed by atoms with van der Waals surface area (Å²) in [5.74, 6) is 0.169. The molecule has 7 heteroatoms. The number of amides is 1. The SMILES string of the molecule is COC(=O)c1cccc(C(=O)Nc2ccc3nc(CN4CCC[C@@H]4C)[nH]c3c2)c1. The van der Waals surface area contributed by atoms with Gasteiger partial charge >= 0.3 is 5.97 Å².